The molecule has 1 unspecified atom stereocenters. The SMILES string of the molecule is CCCNC(C)CCCCN(C)CCC(F)(F)F. The molecule has 0 spiro atoms. The average Bonchev–Trinajstić information content (AvgIpc) is 2.28. The van der Waals surface area contributed by atoms with Gasteiger partial charge in [-0.05, 0) is 46.3 Å². The highest BCUT2D eigenvalue weighted by molar-refractivity contribution is 4.62. The first-order valence-electron chi connectivity index (χ1n) is 6.84. The maximum atomic E-state index is 12.0. The van der Waals surface area contributed by atoms with Crippen LogP contribution >= 0.6 is 0 Å². The Morgan fingerprint density at radius 1 is 1.17 bits per heavy atom. The van der Waals surface area contributed by atoms with Gasteiger partial charge in [-0.2, -0.15) is 13.2 Å². The first-order chi connectivity index (χ1) is 8.35. The Morgan fingerprint density at radius 3 is 2.39 bits per heavy atom. The number of hydrogen-bond donors (Lipinski definition) is 1. The molecule has 0 aliphatic heterocycles. The fourth-order valence-electron chi connectivity index (χ4n) is 1.75. The van der Waals surface area contributed by atoms with Crippen molar-refractivity contribution < 1.29 is 13.2 Å². The van der Waals surface area contributed by atoms with Crippen LogP contribution in [-0.2, 0) is 0 Å². The van der Waals surface area contributed by atoms with E-state index in [0.29, 0.717) is 6.04 Å². The summed E-state index contributed by atoms with van der Waals surface area (Å²) in [5.74, 6) is 0. The average molecular weight is 268 g/mol. The molecule has 0 aliphatic carbocycles. The summed E-state index contributed by atoms with van der Waals surface area (Å²) >= 11 is 0. The van der Waals surface area contributed by atoms with Gasteiger partial charge in [-0.15, -0.1) is 0 Å². The molecule has 0 aromatic carbocycles. The van der Waals surface area contributed by atoms with E-state index in [0.717, 1.165) is 38.8 Å². The van der Waals surface area contributed by atoms with Gasteiger partial charge >= 0.3 is 6.18 Å². The zero-order valence-electron chi connectivity index (χ0n) is 11.8. The molecule has 0 amide bonds. The Morgan fingerprint density at radius 2 is 1.83 bits per heavy atom. The van der Waals surface area contributed by atoms with Gasteiger partial charge in [0.2, 0.25) is 0 Å². The minimum atomic E-state index is -4.03. The second-order valence-electron chi connectivity index (χ2n) is 5.02. The van der Waals surface area contributed by atoms with Gasteiger partial charge < -0.3 is 10.2 Å². The maximum absolute atomic E-state index is 12.0. The molecule has 0 rings (SSSR count). The van der Waals surface area contributed by atoms with Crippen molar-refractivity contribution in [2.24, 2.45) is 0 Å². The molecule has 0 heterocycles. The Balaban J connectivity index is 3.42. The van der Waals surface area contributed by atoms with E-state index in [1.54, 1.807) is 11.9 Å². The molecule has 18 heavy (non-hydrogen) atoms. The number of alkyl halides is 3. The van der Waals surface area contributed by atoms with Crippen molar-refractivity contribution in [3.63, 3.8) is 0 Å². The molecule has 5 heteroatoms. The molecule has 110 valence electrons. The minimum Gasteiger partial charge on any atom is -0.314 e. The van der Waals surface area contributed by atoms with E-state index in [9.17, 15) is 13.2 Å². The molecule has 0 aromatic heterocycles. The van der Waals surface area contributed by atoms with E-state index < -0.39 is 12.6 Å². The molecule has 0 aromatic rings. The van der Waals surface area contributed by atoms with Crippen molar-refractivity contribution in [1.82, 2.24) is 10.2 Å². The van der Waals surface area contributed by atoms with E-state index in [4.69, 9.17) is 0 Å². The van der Waals surface area contributed by atoms with Crippen molar-refractivity contribution in [2.45, 2.75) is 58.2 Å². The van der Waals surface area contributed by atoms with Crippen LogP contribution in [0.15, 0.2) is 0 Å². The standard InChI is InChI=1S/C13H27F3N2/c1-4-9-17-12(2)7-5-6-10-18(3)11-8-13(14,15)16/h12,17H,4-11H2,1-3H3. The van der Waals surface area contributed by atoms with Crippen LogP contribution in [0.3, 0.4) is 0 Å². The third kappa shape index (κ3) is 12.2. The van der Waals surface area contributed by atoms with E-state index in [1.165, 1.54) is 0 Å². The Labute approximate surface area is 109 Å². The van der Waals surface area contributed by atoms with Gasteiger partial charge in [-0.1, -0.05) is 13.3 Å². The Bertz CT molecular complexity index is 195. The lowest BCUT2D eigenvalue weighted by Gasteiger charge is -2.18. The molecule has 2 nitrogen and oxygen atoms in total. The normalized spacial score (nSPS) is 14.2. The molecule has 0 radical (unpaired) electrons. The third-order valence-corrected chi connectivity index (χ3v) is 2.95. The second kappa shape index (κ2) is 9.62. The molecule has 0 aliphatic rings. The quantitative estimate of drug-likeness (QED) is 0.611. The lowest BCUT2D eigenvalue weighted by atomic mass is 10.1. The largest absolute Gasteiger partial charge is 0.390 e. The van der Waals surface area contributed by atoms with E-state index in [-0.39, 0.29) is 6.54 Å². The van der Waals surface area contributed by atoms with Crippen LogP contribution < -0.4 is 5.32 Å². The number of halogens is 3. The van der Waals surface area contributed by atoms with Gasteiger partial charge in [0, 0.05) is 12.6 Å². The smallest absolute Gasteiger partial charge is 0.314 e. The monoisotopic (exact) mass is 268 g/mol. The van der Waals surface area contributed by atoms with Gasteiger partial charge in [0.05, 0.1) is 6.42 Å². The van der Waals surface area contributed by atoms with Crippen LogP contribution in [0.4, 0.5) is 13.2 Å². The van der Waals surface area contributed by atoms with Gasteiger partial charge in [-0.3, -0.25) is 0 Å². The van der Waals surface area contributed by atoms with Crippen LogP contribution in [-0.4, -0.2) is 43.8 Å². The van der Waals surface area contributed by atoms with Crippen LogP contribution in [0, 0.1) is 0 Å². The highest BCUT2D eigenvalue weighted by atomic mass is 19.4. The summed E-state index contributed by atoms with van der Waals surface area (Å²) in [7, 11) is 1.75. The number of nitrogens with zero attached hydrogens (tertiary/aromatic N) is 1. The van der Waals surface area contributed by atoms with Crippen LogP contribution in [0.2, 0.25) is 0 Å². The summed E-state index contributed by atoms with van der Waals surface area (Å²) in [6, 6.07) is 0.505. The molecule has 0 bridgehead atoms. The molecule has 1 N–H and O–H groups in total. The molecule has 0 fully saturated rings. The topological polar surface area (TPSA) is 15.3 Å². The summed E-state index contributed by atoms with van der Waals surface area (Å²) < 4.78 is 36.0. The molecular weight excluding hydrogens is 241 g/mol. The summed E-state index contributed by atoms with van der Waals surface area (Å²) in [5.41, 5.74) is 0. The number of rotatable bonds is 10. The molecule has 0 saturated heterocycles. The van der Waals surface area contributed by atoms with Gasteiger partial charge in [-0.25, -0.2) is 0 Å². The second-order valence-corrected chi connectivity index (χ2v) is 5.02. The van der Waals surface area contributed by atoms with Crippen LogP contribution in [0.25, 0.3) is 0 Å². The number of nitrogens with one attached hydrogen (secondary N) is 1. The first kappa shape index (κ1) is 17.7. The first-order valence-corrected chi connectivity index (χ1v) is 6.84. The highest BCUT2D eigenvalue weighted by Gasteiger charge is 2.26. The van der Waals surface area contributed by atoms with Crippen molar-refractivity contribution in [3.05, 3.63) is 0 Å². The summed E-state index contributed by atoms with van der Waals surface area (Å²) in [5, 5.41) is 3.40. The number of unbranched alkanes of at least 4 members (excludes halogenated alkanes) is 1. The fourth-order valence-corrected chi connectivity index (χ4v) is 1.75. The van der Waals surface area contributed by atoms with Crippen molar-refractivity contribution in [1.29, 1.82) is 0 Å². The lowest BCUT2D eigenvalue weighted by molar-refractivity contribution is -0.137. The molecule has 1 atom stereocenters. The third-order valence-electron chi connectivity index (χ3n) is 2.95. The maximum Gasteiger partial charge on any atom is 0.390 e. The van der Waals surface area contributed by atoms with E-state index in [1.807, 2.05) is 0 Å². The van der Waals surface area contributed by atoms with Crippen molar-refractivity contribution in [3.8, 4) is 0 Å². The summed E-state index contributed by atoms with van der Waals surface area (Å²) in [6.07, 6.45) is -0.497. The highest BCUT2D eigenvalue weighted by Crippen LogP contribution is 2.19. The van der Waals surface area contributed by atoms with Crippen molar-refractivity contribution >= 4 is 0 Å². The van der Waals surface area contributed by atoms with Crippen LogP contribution in [0.5, 0.6) is 0 Å². The fraction of sp³-hybridized carbons (Fsp3) is 1.00. The predicted octanol–water partition coefficient (Wildman–Crippen LogP) is 3.43. The van der Waals surface area contributed by atoms with Gasteiger partial charge in [0.1, 0.15) is 0 Å². The number of hydrogen-bond acceptors (Lipinski definition) is 2. The van der Waals surface area contributed by atoms with Gasteiger partial charge in [0.15, 0.2) is 0 Å². The van der Waals surface area contributed by atoms with E-state index >= 15 is 0 Å². The predicted molar refractivity (Wildman–Crippen MR) is 69.8 cm³/mol. The van der Waals surface area contributed by atoms with Crippen molar-refractivity contribution in [2.75, 3.05) is 26.7 Å². The Hall–Kier alpha value is -0.290. The van der Waals surface area contributed by atoms with Crippen LogP contribution in [0.1, 0.15) is 46.0 Å². The summed E-state index contributed by atoms with van der Waals surface area (Å²) in [6.45, 7) is 6.18. The molecular formula is C13H27F3N2. The minimum absolute atomic E-state index is 0.104. The molecule has 0 saturated carbocycles. The lowest BCUT2D eigenvalue weighted by Crippen LogP contribution is -2.27. The van der Waals surface area contributed by atoms with E-state index in [2.05, 4.69) is 19.2 Å². The van der Waals surface area contributed by atoms with Gasteiger partial charge in [0.25, 0.3) is 0 Å². The zero-order chi connectivity index (χ0) is 14.0. The zero-order valence-corrected chi connectivity index (χ0v) is 11.8. The Kier molecular flexibility index (Phi) is 9.46. The summed E-state index contributed by atoms with van der Waals surface area (Å²) in [4.78, 5) is 1.76.